The average Bonchev–Trinajstić information content (AvgIpc) is 2.72. The molecule has 2 aromatic rings. The zero-order chi connectivity index (χ0) is 20.6. The minimum Gasteiger partial charge on any atom is -0.490 e. The number of nitrogens with zero attached hydrogens (tertiary/aromatic N) is 2. The van der Waals surface area contributed by atoms with E-state index in [0.717, 1.165) is 54.6 Å². The number of hydrogen-bond acceptors (Lipinski definition) is 4. The smallest absolute Gasteiger partial charge is 0.227 e. The van der Waals surface area contributed by atoms with Gasteiger partial charge in [-0.15, -0.1) is 0 Å². The molecule has 1 fully saturated rings. The van der Waals surface area contributed by atoms with E-state index in [9.17, 15) is 4.79 Å². The molecule has 0 bridgehead atoms. The lowest BCUT2D eigenvalue weighted by Crippen LogP contribution is -2.48. The van der Waals surface area contributed by atoms with Gasteiger partial charge in [0.1, 0.15) is 0 Å². The molecule has 0 saturated carbocycles. The standard InChI is InChI=1S/C23H29ClN2O3/c1-3-28-21-10-9-18(15-22(21)29-4-2)16-23(27)26-13-11-25(12-14-26)17-19-7-5-6-8-20(19)24/h5-10,15H,3-4,11-14,16-17H2,1-2H3. The topological polar surface area (TPSA) is 42.0 Å². The minimum atomic E-state index is 0.147. The molecule has 3 rings (SSSR count). The van der Waals surface area contributed by atoms with Crippen LogP contribution < -0.4 is 9.47 Å². The van der Waals surface area contributed by atoms with Gasteiger partial charge in [-0.1, -0.05) is 35.9 Å². The van der Waals surface area contributed by atoms with E-state index in [2.05, 4.69) is 11.0 Å². The quantitative estimate of drug-likeness (QED) is 0.651. The van der Waals surface area contributed by atoms with Gasteiger partial charge in [-0.3, -0.25) is 9.69 Å². The zero-order valence-electron chi connectivity index (χ0n) is 17.2. The Hall–Kier alpha value is -2.24. The number of benzene rings is 2. The van der Waals surface area contributed by atoms with Crippen molar-refractivity contribution in [3.8, 4) is 11.5 Å². The van der Waals surface area contributed by atoms with Crippen LogP contribution in [-0.4, -0.2) is 55.1 Å². The summed E-state index contributed by atoms with van der Waals surface area (Å²) < 4.78 is 11.3. The van der Waals surface area contributed by atoms with E-state index < -0.39 is 0 Å². The van der Waals surface area contributed by atoms with Crippen LogP contribution in [0.5, 0.6) is 11.5 Å². The highest BCUT2D eigenvalue weighted by atomic mass is 35.5. The van der Waals surface area contributed by atoms with Crippen LogP contribution in [0.15, 0.2) is 42.5 Å². The molecule has 0 radical (unpaired) electrons. The van der Waals surface area contributed by atoms with Gasteiger partial charge in [-0.25, -0.2) is 0 Å². The predicted molar refractivity (Wildman–Crippen MR) is 116 cm³/mol. The number of rotatable bonds is 8. The summed E-state index contributed by atoms with van der Waals surface area (Å²) in [6.45, 7) is 9.01. The summed E-state index contributed by atoms with van der Waals surface area (Å²) in [6.07, 6.45) is 0.372. The van der Waals surface area contributed by atoms with Gasteiger partial charge in [-0.2, -0.15) is 0 Å². The number of hydrogen-bond donors (Lipinski definition) is 0. The molecule has 0 unspecified atom stereocenters. The summed E-state index contributed by atoms with van der Waals surface area (Å²) >= 11 is 6.27. The molecular weight excluding hydrogens is 388 g/mol. The molecule has 1 aliphatic heterocycles. The Morgan fingerprint density at radius 1 is 0.966 bits per heavy atom. The van der Waals surface area contributed by atoms with Crippen molar-refractivity contribution in [1.82, 2.24) is 9.80 Å². The fraction of sp³-hybridized carbons (Fsp3) is 0.435. The van der Waals surface area contributed by atoms with Crippen molar-refractivity contribution in [2.75, 3.05) is 39.4 Å². The van der Waals surface area contributed by atoms with E-state index in [1.165, 1.54) is 0 Å². The minimum absolute atomic E-state index is 0.147. The van der Waals surface area contributed by atoms with Crippen molar-refractivity contribution in [1.29, 1.82) is 0 Å². The third kappa shape index (κ3) is 5.87. The monoisotopic (exact) mass is 416 g/mol. The molecule has 5 nitrogen and oxygen atoms in total. The molecule has 29 heavy (non-hydrogen) atoms. The van der Waals surface area contributed by atoms with Crippen molar-refractivity contribution in [2.45, 2.75) is 26.8 Å². The van der Waals surface area contributed by atoms with Gasteiger partial charge >= 0.3 is 0 Å². The van der Waals surface area contributed by atoms with Gasteiger partial charge < -0.3 is 14.4 Å². The Morgan fingerprint density at radius 2 is 1.66 bits per heavy atom. The number of piperazine rings is 1. The van der Waals surface area contributed by atoms with E-state index in [1.807, 2.05) is 55.1 Å². The Balaban J connectivity index is 1.54. The molecule has 0 spiro atoms. The van der Waals surface area contributed by atoms with Crippen molar-refractivity contribution in [3.05, 3.63) is 58.6 Å². The van der Waals surface area contributed by atoms with Gasteiger partial charge in [0, 0.05) is 37.7 Å². The van der Waals surface area contributed by atoms with E-state index in [4.69, 9.17) is 21.1 Å². The Morgan fingerprint density at radius 3 is 2.34 bits per heavy atom. The van der Waals surface area contributed by atoms with Crippen LogP contribution in [0, 0.1) is 0 Å². The number of halogens is 1. The summed E-state index contributed by atoms with van der Waals surface area (Å²) in [4.78, 5) is 17.1. The Labute approximate surface area is 178 Å². The maximum absolute atomic E-state index is 12.8. The molecule has 2 aromatic carbocycles. The van der Waals surface area contributed by atoms with Crippen LogP contribution in [0.4, 0.5) is 0 Å². The second-order valence-electron chi connectivity index (χ2n) is 7.07. The van der Waals surface area contributed by atoms with E-state index in [1.54, 1.807) is 0 Å². The third-order valence-corrected chi connectivity index (χ3v) is 5.41. The summed E-state index contributed by atoms with van der Waals surface area (Å²) in [5.74, 6) is 1.57. The Bertz CT molecular complexity index is 820. The second kappa shape index (κ2) is 10.5. The summed E-state index contributed by atoms with van der Waals surface area (Å²) in [6, 6.07) is 13.7. The molecule has 1 heterocycles. The van der Waals surface area contributed by atoms with E-state index >= 15 is 0 Å². The fourth-order valence-corrected chi connectivity index (χ4v) is 3.71. The number of ether oxygens (including phenoxy) is 2. The lowest BCUT2D eigenvalue weighted by molar-refractivity contribution is -0.132. The maximum Gasteiger partial charge on any atom is 0.227 e. The Kier molecular flexibility index (Phi) is 7.78. The van der Waals surface area contributed by atoms with Gasteiger partial charge in [0.15, 0.2) is 11.5 Å². The highest BCUT2D eigenvalue weighted by Gasteiger charge is 2.22. The lowest BCUT2D eigenvalue weighted by atomic mass is 10.1. The first kappa shape index (κ1) is 21.5. The molecule has 156 valence electrons. The van der Waals surface area contributed by atoms with Gasteiger partial charge in [-0.05, 0) is 43.2 Å². The van der Waals surface area contributed by atoms with Gasteiger partial charge in [0.25, 0.3) is 0 Å². The first-order valence-electron chi connectivity index (χ1n) is 10.2. The molecule has 0 aliphatic carbocycles. The largest absolute Gasteiger partial charge is 0.490 e. The number of carbonyl (C=O) groups excluding carboxylic acids is 1. The van der Waals surface area contributed by atoms with Crippen molar-refractivity contribution >= 4 is 17.5 Å². The number of amides is 1. The fourth-order valence-electron chi connectivity index (χ4n) is 3.51. The van der Waals surface area contributed by atoms with Crippen LogP contribution in [-0.2, 0) is 17.8 Å². The van der Waals surface area contributed by atoms with Crippen molar-refractivity contribution in [3.63, 3.8) is 0 Å². The summed E-state index contributed by atoms with van der Waals surface area (Å²) in [5.41, 5.74) is 2.08. The van der Waals surface area contributed by atoms with Gasteiger partial charge in [0.2, 0.25) is 5.91 Å². The third-order valence-electron chi connectivity index (χ3n) is 5.04. The molecule has 6 heteroatoms. The molecule has 1 amide bonds. The highest BCUT2D eigenvalue weighted by Crippen LogP contribution is 2.29. The molecule has 1 saturated heterocycles. The second-order valence-corrected chi connectivity index (χ2v) is 7.48. The molecule has 0 N–H and O–H groups in total. The zero-order valence-corrected chi connectivity index (χ0v) is 18.0. The predicted octanol–water partition coefficient (Wildman–Crippen LogP) is 4.02. The van der Waals surface area contributed by atoms with Crippen LogP contribution >= 0.6 is 11.6 Å². The van der Waals surface area contributed by atoms with Crippen LogP contribution in [0.1, 0.15) is 25.0 Å². The molecule has 0 atom stereocenters. The summed E-state index contributed by atoms with van der Waals surface area (Å²) in [7, 11) is 0. The van der Waals surface area contributed by atoms with Crippen molar-refractivity contribution in [2.24, 2.45) is 0 Å². The van der Waals surface area contributed by atoms with Crippen LogP contribution in [0.3, 0.4) is 0 Å². The van der Waals surface area contributed by atoms with Crippen molar-refractivity contribution < 1.29 is 14.3 Å². The molecule has 1 aliphatic rings. The lowest BCUT2D eigenvalue weighted by Gasteiger charge is -2.35. The van der Waals surface area contributed by atoms with E-state index in [-0.39, 0.29) is 5.91 Å². The SMILES string of the molecule is CCOc1ccc(CC(=O)N2CCN(Cc3ccccc3Cl)CC2)cc1OCC. The first-order chi connectivity index (χ1) is 14.1. The summed E-state index contributed by atoms with van der Waals surface area (Å²) in [5, 5.41) is 0.798. The first-order valence-corrected chi connectivity index (χ1v) is 10.6. The molecule has 0 aromatic heterocycles. The highest BCUT2D eigenvalue weighted by molar-refractivity contribution is 6.31. The molecular formula is C23H29ClN2O3. The maximum atomic E-state index is 12.8. The number of carbonyl (C=O) groups is 1. The van der Waals surface area contributed by atoms with Crippen LogP contribution in [0.2, 0.25) is 5.02 Å². The normalized spacial score (nSPS) is 14.7. The average molecular weight is 417 g/mol. The van der Waals surface area contributed by atoms with Gasteiger partial charge in [0.05, 0.1) is 19.6 Å². The van der Waals surface area contributed by atoms with E-state index in [0.29, 0.717) is 25.4 Å². The van der Waals surface area contributed by atoms with Crippen LogP contribution in [0.25, 0.3) is 0 Å².